The number of sulfone groups is 1. The van der Waals surface area contributed by atoms with Crippen LogP contribution >= 0.6 is 11.5 Å². The summed E-state index contributed by atoms with van der Waals surface area (Å²) in [7, 11) is -3.13. The Morgan fingerprint density at radius 2 is 1.46 bits per heavy atom. The van der Waals surface area contributed by atoms with Gasteiger partial charge in [-0.3, -0.25) is 0 Å². The summed E-state index contributed by atoms with van der Waals surface area (Å²) in [4.78, 5) is 9.70. The number of piperidine rings is 2. The van der Waals surface area contributed by atoms with Gasteiger partial charge in [-0.1, -0.05) is 0 Å². The minimum Gasteiger partial charge on any atom is -0.372 e. The van der Waals surface area contributed by atoms with E-state index in [1.807, 2.05) is 19.1 Å². The number of hydrogen-bond donors (Lipinski definition) is 0. The fourth-order valence-electron chi connectivity index (χ4n) is 4.51. The zero-order valence-electron chi connectivity index (χ0n) is 16.5. The van der Waals surface area contributed by atoms with E-state index < -0.39 is 9.84 Å². The Hall–Kier alpha value is -1.67. The molecular formula is C20H28N4O2S2. The summed E-state index contributed by atoms with van der Waals surface area (Å²) in [5.41, 5.74) is 1.13. The summed E-state index contributed by atoms with van der Waals surface area (Å²) in [6.07, 6.45) is 6.18. The van der Waals surface area contributed by atoms with E-state index in [1.165, 1.54) is 43.5 Å². The van der Waals surface area contributed by atoms with Gasteiger partial charge in [-0.05, 0) is 68.7 Å². The van der Waals surface area contributed by atoms with Gasteiger partial charge < -0.3 is 9.80 Å². The van der Waals surface area contributed by atoms with Gasteiger partial charge in [0, 0.05) is 49.7 Å². The molecule has 3 heterocycles. The number of rotatable bonds is 4. The highest BCUT2D eigenvalue weighted by atomic mass is 32.2. The third-order valence-corrected chi connectivity index (χ3v) is 8.16. The lowest BCUT2D eigenvalue weighted by molar-refractivity contribution is 0.233. The molecule has 0 spiro atoms. The van der Waals surface area contributed by atoms with E-state index in [9.17, 15) is 8.42 Å². The van der Waals surface area contributed by atoms with Crippen molar-refractivity contribution in [2.45, 2.75) is 37.5 Å². The van der Waals surface area contributed by atoms with Crippen molar-refractivity contribution >= 4 is 32.2 Å². The van der Waals surface area contributed by atoms with Crippen molar-refractivity contribution in [1.29, 1.82) is 0 Å². The van der Waals surface area contributed by atoms with Crippen LogP contribution in [0.1, 0.15) is 31.5 Å². The van der Waals surface area contributed by atoms with Crippen molar-refractivity contribution in [2.75, 3.05) is 42.2 Å². The standard InChI is InChI=1S/C20H28N4O2S2/c1-15-21-20(27-22-15)24-13-9-17(10-14-24)16-7-11-23(12-8-16)18-3-5-19(6-4-18)28(2,25)26/h3-6,16-17H,7-14H2,1-2H3. The van der Waals surface area contributed by atoms with E-state index in [0.717, 1.165) is 54.7 Å². The number of aryl methyl sites for hydroxylation is 1. The third-order valence-electron chi connectivity index (χ3n) is 6.16. The summed E-state index contributed by atoms with van der Waals surface area (Å²) in [6, 6.07) is 7.34. The highest BCUT2D eigenvalue weighted by molar-refractivity contribution is 7.90. The van der Waals surface area contributed by atoms with Gasteiger partial charge in [0.15, 0.2) is 9.84 Å². The molecule has 0 aliphatic carbocycles. The van der Waals surface area contributed by atoms with Crippen LogP contribution in [0.2, 0.25) is 0 Å². The van der Waals surface area contributed by atoms with Gasteiger partial charge in [-0.25, -0.2) is 13.4 Å². The lowest BCUT2D eigenvalue weighted by Crippen LogP contribution is -2.40. The van der Waals surface area contributed by atoms with Crippen LogP contribution in [0.5, 0.6) is 0 Å². The van der Waals surface area contributed by atoms with Crippen LogP contribution < -0.4 is 9.80 Å². The predicted octanol–water partition coefficient (Wildman–Crippen LogP) is 3.38. The summed E-state index contributed by atoms with van der Waals surface area (Å²) in [5.74, 6) is 2.48. The first kappa shape index (κ1) is 19.6. The fraction of sp³-hybridized carbons (Fsp3) is 0.600. The lowest BCUT2D eigenvalue weighted by Gasteiger charge is -2.40. The third kappa shape index (κ3) is 4.33. The van der Waals surface area contributed by atoms with Crippen LogP contribution in [0.25, 0.3) is 0 Å². The van der Waals surface area contributed by atoms with Crippen molar-refractivity contribution in [3.8, 4) is 0 Å². The Bertz CT molecular complexity index is 895. The minimum atomic E-state index is -3.13. The van der Waals surface area contributed by atoms with Crippen molar-refractivity contribution < 1.29 is 8.42 Å². The van der Waals surface area contributed by atoms with Gasteiger partial charge in [0.05, 0.1) is 4.90 Å². The molecular weight excluding hydrogens is 392 g/mol. The minimum absolute atomic E-state index is 0.392. The second kappa shape index (κ2) is 7.99. The molecule has 0 radical (unpaired) electrons. The zero-order valence-corrected chi connectivity index (χ0v) is 18.2. The molecule has 2 fully saturated rings. The predicted molar refractivity (Wildman–Crippen MR) is 114 cm³/mol. The Balaban J connectivity index is 1.29. The molecule has 8 heteroatoms. The number of benzene rings is 1. The molecule has 0 amide bonds. The molecule has 0 bridgehead atoms. The molecule has 2 aliphatic rings. The summed E-state index contributed by atoms with van der Waals surface area (Å²) >= 11 is 1.51. The average Bonchev–Trinajstić information content (AvgIpc) is 3.14. The Labute approximate surface area is 171 Å². The maximum absolute atomic E-state index is 11.6. The molecule has 0 saturated carbocycles. The SMILES string of the molecule is Cc1nsc(N2CCC(C3CCN(c4ccc(S(C)(=O)=O)cc4)CC3)CC2)n1. The Kier molecular flexibility index (Phi) is 5.60. The van der Waals surface area contributed by atoms with Crippen molar-refractivity contribution in [3.05, 3.63) is 30.1 Å². The summed E-state index contributed by atoms with van der Waals surface area (Å²) in [6.45, 7) is 6.24. The van der Waals surface area contributed by atoms with Crippen LogP contribution in [-0.4, -0.2) is 50.2 Å². The molecule has 6 nitrogen and oxygen atoms in total. The van der Waals surface area contributed by atoms with Crippen LogP contribution in [0.3, 0.4) is 0 Å². The molecule has 4 rings (SSSR count). The van der Waals surface area contributed by atoms with Crippen molar-refractivity contribution in [2.24, 2.45) is 11.8 Å². The highest BCUT2D eigenvalue weighted by Crippen LogP contribution is 2.35. The van der Waals surface area contributed by atoms with Crippen molar-refractivity contribution in [1.82, 2.24) is 9.36 Å². The van der Waals surface area contributed by atoms with E-state index in [1.54, 1.807) is 12.1 Å². The van der Waals surface area contributed by atoms with Crippen LogP contribution in [0, 0.1) is 18.8 Å². The van der Waals surface area contributed by atoms with Crippen LogP contribution in [0.4, 0.5) is 10.8 Å². The monoisotopic (exact) mass is 420 g/mol. The van der Waals surface area contributed by atoms with E-state index in [2.05, 4.69) is 19.2 Å². The quantitative estimate of drug-likeness (QED) is 0.755. The topological polar surface area (TPSA) is 66.4 Å². The lowest BCUT2D eigenvalue weighted by atomic mass is 9.79. The zero-order chi connectivity index (χ0) is 19.7. The van der Waals surface area contributed by atoms with Gasteiger partial charge in [-0.2, -0.15) is 4.37 Å². The van der Waals surface area contributed by atoms with Gasteiger partial charge in [0.1, 0.15) is 5.82 Å². The number of anilines is 2. The second-order valence-corrected chi connectivity index (χ2v) is 10.8. The fourth-order valence-corrected chi connectivity index (χ4v) is 5.87. The first-order valence-corrected chi connectivity index (χ1v) is 12.7. The van der Waals surface area contributed by atoms with E-state index >= 15 is 0 Å². The Morgan fingerprint density at radius 1 is 0.929 bits per heavy atom. The summed E-state index contributed by atoms with van der Waals surface area (Å²) < 4.78 is 27.6. The molecule has 28 heavy (non-hydrogen) atoms. The molecule has 0 N–H and O–H groups in total. The largest absolute Gasteiger partial charge is 0.372 e. The first-order valence-electron chi connectivity index (χ1n) is 10.0. The Morgan fingerprint density at radius 3 is 1.93 bits per heavy atom. The smallest absolute Gasteiger partial charge is 0.205 e. The summed E-state index contributed by atoms with van der Waals surface area (Å²) in [5, 5.41) is 1.07. The molecule has 2 aliphatic heterocycles. The maximum atomic E-state index is 11.6. The highest BCUT2D eigenvalue weighted by Gasteiger charge is 2.30. The molecule has 1 aromatic carbocycles. The molecule has 1 aromatic heterocycles. The van der Waals surface area contributed by atoms with Gasteiger partial charge >= 0.3 is 0 Å². The van der Waals surface area contributed by atoms with Crippen LogP contribution in [0.15, 0.2) is 29.2 Å². The first-order chi connectivity index (χ1) is 13.4. The molecule has 152 valence electrons. The van der Waals surface area contributed by atoms with Gasteiger partial charge in [0.2, 0.25) is 5.13 Å². The molecule has 0 atom stereocenters. The second-order valence-electron chi connectivity index (χ2n) is 8.04. The number of aromatic nitrogens is 2. The average molecular weight is 421 g/mol. The van der Waals surface area contributed by atoms with E-state index in [0.29, 0.717) is 4.90 Å². The molecule has 0 unspecified atom stereocenters. The normalized spacial score (nSPS) is 19.9. The van der Waals surface area contributed by atoms with Gasteiger partial charge in [-0.15, -0.1) is 0 Å². The van der Waals surface area contributed by atoms with Crippen molar-refractivity contribution in [3.63, 3.8) is 0 Å². The molecule has 2 saturated heterocycles. The van der Waals surface area contributed by atoms with Crippen LogP contribution in [-0.2, 0) is 9.84 Å². The maximum Gasteiger partial charge on any atom is 0.205 e. The molecule has 2 aromatic rings. The van der Waals surface area contributed by atoms with E-state index in [-0.39, 0.29) is 0 Å². The number of hydrogen-bond acceptors (Lipinski definition) is 7. The van der Waals surface area contributed by atoms with Gasteiger partial charge in [0.25, 0.3) is 0 Å². The van der Waals surface area contributed by atoms with E-state index in [4.69, 9.17) is 0 Å². The number of nitrogens with zero attached hydrogens (tertiary/aromatic N) is 4.